The van der Waals surface area contributed by atoms with Gasteiger partial charge in [-0.15, -0.1) is 0 Å². The van der Waals surface area contributed by atoms with Crippen molar-refractivity contribution < 1.29 is 9.53 Å². The quantitative estimate of drug-likeness (QED) is 0.538. The average Bonchev–Trinajstić information content (AvgIpc) is 2.91. The summed E-state index contributed by atoms with van der Waals surface area (Å²) in [7, 11) is 0. The van der Waals surface area contributed by atoms with E-state index in [1.807, 2.05) is 24.3 Å². The molecule has 0 atom stereocenters. The van der Waals surface area contributed by atoms with Gasteiger partial charge in [-0.3, -0.25) is 0 Å². The largest absolute Gasteiger partial charge is 0.402 e. The van der Waals surface area contributed by atoms with Crippen LogP contribution >= 0.6 is 23.2 Å². The third-order valence-corrected chi connectivity index (χ3v) is 4.43. The fourth-order valence-electron chi connectivity index (χ4n) is 2.30. The van der Waals surface area contributed by atoms with Gasteiger partial charge in [0.25, 0.3) is 0 Å². The standard InChI is InChI=1S/C19H15Cl2NO2/c1-11(2)13-5-3-12(4-6-13)9-17-19(23)24-18(22-17)14-7-8-15(20)16(21)10-14/h3-11H,1-2H3/b17-9-. The summed E-state index contributed by atoms with van der Waals surface area (Å²) in [5, 5.41) is 0.820. The van der Waals surface area contributed by atoms with Gasteiger partial charge in [-0.05, 0) is 41.3 Å². The first kappa shape index (κ1) is 16.7. The third kappa shape index (κ3) is 3.53. The van der Waals surface area contributed by atoms with Crippen molar-refractivity contribution in [2.45, 2.75) is 19.8 Å². The van der Waals surface area contributed by atoms with Crippen molar-refractivity contribution in [1.82, 2.24) is 0 Å². The van der Waals surface area contributed by atoms with E-state index in [0.717, 1.165) is 5.56 Å². The molecule has 3 rings (SSSR count). The van der Waals surface area contributed by atoms with Gasteiger partial charge in [0.2, 0.25) is 5.90 Å². The molecule has 0 fully saturated rings. The van der Waals surface area contributed by atoms with Gasteiger partial charge >= 0.3 is 5.97 Å². The van der Waals surface area contributed by atoms with Gasteiger partial charge in [0.15, 0.2) is 5.70 Å². The van der Waals surface area contributed by atoms with E-state index in [1.165, 1.54) is 5.56 Å². The highest BCUT2D eigenvalue weighted by atomic mass is 35.5. The number of rotatable bonds is 3. The Balaban J connectivity index is 1.89. The van der Waals surface area contributed by atoms with Gasteiger partial charge in [-0.2, -0.15) is 0 Å². The van der Waals surface area contributed by atoms with Gasteiger partial charge in [0.1, 0.15) is 0 Å². The zero-order valence-electron chi connectivity index (χ0n) is 13.2. The molecule has 0 N–H and O–H groups in total. The average molecular weight is 360 g/mol. The predicted molar refractivity (Wildman–Crippen MR) is 97.6 cm³/mol. The summed E-state index contributed by atoms with van der Waals surface area (Å²) < 4.78 is 5.23. The number of cyclic esters (lactones) is 1. The van der Waals surface area contributed by atoms with E-state index in [4.69, 9.17) is 27.9 Å². The molecule has 24 heavy (non-hydrogen) atoms. The van der Waals surface area contributed by atoms with Crippen LogP contribution in [0.3, 0.4) is 0 Å². The molecule has 0 aromatic heterocycles. The first-order valence-corrected chi connectivity index (χ1v) is 8.27. The van der Waals surface area contributed by atoms with Crippen LogP contribution in [0, 0.1) is 0 Å². The molecule has 5 heteroatoms. The van der Waals surface area contributed by atoms with Crippen LogP contribution < -0.4 is 0 Å². The van der Waals surface area contributed by atoms with Gasteiger partial charge in [0.05, 0.1) is 10.0 Å². The molecule has 1 aliphatic heterocycles. The highest BCUT2D eigenvalue weighted by Gasteiger charge is 2.24. The second-order valence-corrected chi connectivity index (χ2v) is 6.60. The third-order valence-electron chi connectivity index (χ3n) is 3.69. The summed E-state index contributed by atoms with van der Waals surface area (Å²) in [5.41, 5.74) is 3.00. The Bertz CT molecular complexity index is 852. The molecule has 0 bridgehead atoms. The first-order valence-electron chi connectivity index (χ1n) is 7.52. The Hall–Kier alpha value is -2.10. The maximum absolute atomic E-state index is 12.0. The lowest BCUT2D eigenvalue weighted by atomic mass is 10.0. The van der Waals surface area contributed by atoms with Crippen molar-refractivity contribution >= 4 is 41.1 Å². The first-order chi connectivity index (χ1) is 11.4. The van der Waals surface area contributed by atoms with Gasteiger partial charge in [-0.1, -0.05) is 61.3 Å². The Morgan fingerprint density at radius 1 is 1.04 bits per heavy atom. The molecule has 2 aromatic rings. The van der Waals surface area contributed by atoms with E-state index in [0.29, 0.717) is 21.5 Å². The molecule has 0 saturated carbocycles. The molecule has 3 nitrogen and oxygen atoms in total. The highest BCUT2D eigenvalue weighted by Crippen LogP contribution is 2.26. The van der Waals surface area contributed by atoms with Crippen molar-refractivity contribution in [3.63, 3.8) is 0 Å². The van der Waals surface area contributed by atoms with Gasteiger partial charge in [0, 0.05) is 5.56 Å². The Labute approximate surface area is 150 Å². The monoisotopic (exact) mass is 359 g/mol. The second kappa shape index (κ2) is 6.80. The number of benzene rings is 2. The van der Waals surface area contributed by atoms with E-state index in [1.54, 1.807) is 24.3 Å². The van der Waals surface area contributed by atoms with Crippen molar-refractivity contribution in [2.24, 2.45) is 4.99 Å². The van der Waals surface area contributed by atoms with Crippen LogP contribution in [0.4, 0.5) is 0 Å². The summed E-state index contributed by atoms with van der Waals surface area (Å²) in [6.45, 7) is 4.27. The lowest BCUT2D eigenvalue weighted by Gasteiger charge is -2.04. The van der Waals surface area contributed by atoms with E-state index < -0.39 is 5.97 Å². The molecular weight excluding hydrogens is 345 g/mol. The van der Waals surface area contributed by atoms with Crippen LogP contribution in [-0.4, -0.2) is 11.9 Å². The number of carbonyl (C=O) groups is 1. The summed E-state index contributed by atoms with van der Waals surface area (Å²) in [4.78, 5) is 16.3. The minimum Gasteiger partial charge on any atom is -0.402 e. The number of halogens is 2. The van der Waals surface area contributed by atoms with Crippen molar-refractivity contribution in [1.29, 1.82) is 0 Å². The topological polar surface area (TPSA) is 38.7 Å². The molecule has 0 spiro atoms. The minimum atomic E-state index is -0.482. The molecule has 1 aliphatic rings. The van der Waals surface area contributed by atoms with E-state index in [2.05, 4.69) is 18.8 Å². The van der Waals surface area contributed by atoms with Crippen LogP contribution in [0.1, 0.15) is 36.5 Å². The smallest absolute Gasteiger partial charge is 0.363 e. The van der Waals surface area contributed by atoms with Gasteiger partial charge < -0.3 is 4.74 Å². The number of ether oxygens (including phenoxy) is 1. The second-order valence-electron chi connectivity index (χ2n) is 5.79. The highest BCUT2D eigenvalue weighted by molar-refractivity contribution is 6.42. The lowest BCUT2D eigenvalue weighted by molar-refractivity contribution is -0.129. The summed E-state index contributed by atoms with van der Waals surface area (Å²) in [6, 6.07) is 13.0. The zero-order chi connectivity index (χ0) is 17.3. The molecule has 0 aliphatic carbocycles. The van der Waals surface area contributed by atoms with Gasteiger partial charge in [-0.25, -0.2) is 9.79 Å². The summed E-state index contributed by atoms with van der Waals surface area (Å²) in [5.74, 6) is 0.204. The van der Waals surface area contributed by atoms with Crippen molar-refractivity contribution in [2.75, 3.05) is 0 Å². The Kier molecular flexibility index (Phi) is 4.74. The normalized spacial score (nSPS) is 15.8. The number of esters is 1. The lowest BCUT2D eigenvalue weighted by Crippen LogP contribution is -2.05. The fourth-order valence-corrected chi connectivity index (χ4v) is 2.59. The minimum absolute atomic E-state index is 0.226. The summed E-state index contributed by atoms with van der Waals surface area (Å²) >= 11 is 11.9. The molecule has 2 aromatic carbocycles. The number of hydrogen-bond donors (Lipinski definition) is 0. The predicted octanol–water partition coefficient (Wildman–Crippen LogP) is 5.46. The Morgan fingerprint density at radius 2 is 1.75 bits per heavy atom. The number of carbonyl (C=O) groups excluding carboxylic acids is 1. The molecule has 1 heterocycles. The molecule has 0 radical (unpaired) electrons. The van der Waals surface area contributed by atoms with E-state index in [-0.39, 0.29) is 11.6 Å². The van der Waals surface area contributed by atoms with Crippen LogP contribution in [0.5, 0.6) is 0 Å². The molecular formula is C19H15Cl2NO2. The molecule has 0 unspecified atom stereocenters. The summed E-state index contributed by atoms with van der Waals surface area (Å²) in [6.07, 6.45) is 1.71. The molecule has 122 valence electrons. The van der Waals surface area contributed by atoms with Crippen LogP contribution in [0.15, 0.2) is 53.2 Å². The van der Waals surface area contributed by atoms with Crippen LogP contribution in [-0.2, 0) is 9.53 Å². The molecule has 0 amide bonds. The zero-order valence-corrected chi connectivity index (χ0v) is 14.7. The molecule has 0 saturated heterocycles. The van der Waals surface area contributed by atoms with Crippen LogP contribution in [0.2, 0.25) is 10.0 Å². The van der Waals surface area contributed by atoms with Crippen LogP contribution in [0.25, 0.3) is 6.08 Å². The van der Waals surface area contributed by atoms with Crippen molar-refractivity contribution in [3.8, 4) is 0 Å². The number of hydrogen-bond acceptors (Lipinski definition) is 3. The Morgan fingerprint density at radius 3 is 2.38 bits per heavy atom. The van der Waals surface area contributed by atoms with E-state index >= 15 is 0 Å². The number of nitrogens with zero attached hydrogens (tertiary/aromatic N) is 1. The maximum atomic E-state index is 12.0. The van der Waals surface area contributed by atoms with E-state index in [9.17, 15) is 4.79 Å². The number of aliphatic imine (C=N–C) groups is 1. The fraction of sp³-hybridized carbons (Fsp3) is 0.158. The SMILES string of the molecule is CC(C)c1ccc(/C=C2\N=C(c3ccc(Cl)c(Cl)c3)OC2=O)cc1. The maximum Gasteiger partial charge on any atom is 0.363 e. The van der Waals surface area contributed by atoms with Crippen molar-refractivity contribution in [3.05, 3.63) is 74.9 Å².